The minimum absolute atomic E-state index is 0.0600. The zero-order valence-electron chi connectivity index (χ0n) is 30.0. The lowest BCUT2D eigenvalue weighted by molar-refractivity contribution is -0.0802. The van der Waals surface area contributed by atoms with Crippen LogP contribution in [0, 0.1) is 22.7 Å². The average Bonchev–Trinajstić information content (AvgIpc) is 3.95. The fourth-order valence-electron chi connectivity index (χ4n) is 6.15. The van der Waals surface area contributed by atoms with Gasteiger partial charge in [-0.05, 0) is 36.2 Å². The van der Waals surface area contributed by atoms with Crippen molar-refractivity contribution in [2.75, 3.05) is 18.1 Å². The zero-order chi connectivity index (χ0) is 39.5. The molecule has 0 amide bonds. The molecule has 6 heterocycles. The summed E-state index contributed by atoms with van der Waals surface area (Å²) in [5, 5.41) is 47.3. The Balaban J connectivity index is 0.000000212. The van der Waals surface area contributed by atoms with Crippen LogP contribution in [0.3, 0.4) is 0 Å². The number of halogens is 3. The molecule has 1 aromatic carbocycles. The molecule has 19 heteroatoms. The molecule has 7 rings (SSSR count). The molecule has 2 saturated heterocycles. The molecule has 5 aromatic rings. The lowest BCUT2D eigenvalue weighted by Gasteiger charge is -2.27. The van der Waals surface area contributed by atoms with Crippen molar-refractivity contribution in [2.24, 2.45) is 0 Å². The number of aliphatic hydroxyl groups excluding tert-OH is 2. The van der Waals surface area contributed by atoms with E-state index in [4.69, 9.17) is 66.5 Å². The predicted octanol–water partition coefficient (Wildman–Crippen LogP) is 4.70. The molecular formula is C34H40BCl3N10O5. The highest BCUT2D eigenvalue weighted by Gasteiger charge is 2.53. The number of nitrogens with zero attached hydrogens (tertiary/aromatic N) is 8. The highest BCUT2D eigenvalue weighted by Crippen LogP contribution is 2.43. The van der Waals surface area contributed by atoms with E-state index < -0.39 is 34.5 Å². The van der Waals surface area contributed by atoms with Crippen LogP contribution < -0.4 is 11.5 Å². The smallest absolute Gasteiger partial charge is 0.394 e. The number of aromatic nitrogens is 6. The van der Waals surface area contributed by atoms with Gasteiger partial charge in [0.2, 0.25) is 11.2 Å². The normalized spacial score (nSPS) is 24.7. The molecule has 0 spiro atoms. The molecule has 0 radical (unpaired) electrons. The fourth-order valence-corrected chi connectivity index (χ4v) is 6.15. The topological polar surface area (TPSA) is 228 Å². The second-order valence-electron chi connectivity index (χ2n) is 11.6. The Bertz CT molecular complexity index is 2050. The van der Waals surface area contributed by atoms with E-state index in [1.54, 1.807) is 29.6 Å². The maximum atomic E-state index is 10.2. The van der Waals surface area contributed by atoms with Gasteiger partial charge in [-0.25, -0.2) is 19.0 Å². The summed E-state index contributed by atoms with van der Waals surface area (Å²) in [7, 11) is 0. The Kier molecular flexibility index (Phi) is 14.1. The summed E-state index contributed by atoms with van der Waals surface area (Å²) in [6.45, 7) is 4.48. The van der Waals surface area contributed by atoms with Gasteiger partial charge < -0.3 is 35.9 Å². The fraction of sp³-hybridized carbons (Fsp3) is 0.412. The highest BCUT2D eigenvalue weighted by molar-refractivity contribution is 7.54. The highest BCUT2D eigenvalue weighted by atomic mass is 35.6. The number of anilines is 2. The van der Waals surface area contributed by atoms with E-state index >= 15 is 0 Å². The number of ether oxygens (including phenoxy) is 3. The molecular weight excluding hydrogens is 746 g/mol. The lowest BCUT2D eigenvalue weighted by Crippen LogP contribution is -2.38. The molecule has 0 saturated carbocycles. The molecule has 0 aliphatic carbocycles. The van der Waals surface area contributed by atoms with E-state index in [1.807, 2.05) is 49.4 Å². The number of rotatable bonds is 7. The van der Waals surface area contributed by atoms with Crippen LogP contribution in [-0.4, -0.2) is 75.4 Å². The van der Waals surface area contributed by atoms with Crippen molar-refractivity contribution in [3.8, 4) is 12.1 Å². The molecule has 2 fully saturated rings. The van der Waals surface area contributed by atoms with Gasteiger partial charge in [0, 0.05) is 14.2 Å². The Morgan fingerprint density at radius 3 is 1.91 bits per heavy atom. The van der Waals surface area contributed by atoms with Crippen LogP contribution in [0.4, 0.5) is 11.6 Å². The van der Waals surface area contributed by atoms with Crippen LogP contribution in [0.1, 0.15) is 58.3 Å². The number of benzene rings is 1. The van der Waals surface area contributed by atoms with E-state index in [2.05, 4.69) is 26.2 Å². The van der Waals surface area contributed by atoms with E-state index in [0.717, 1.165) is 12.0 Å². The van der Waals surface area contributed by atoms with Crippen molar-refractivity contribution in [2.45, 2.75) is 82.2 Å². The molecule has 0 bridgehead atoms. The Morgan fingerprint density at radius 1 is 0.925 bits per heavy atom. The largest absolute Gasteiger partial charge is 0.450 e. The van der Waals surface area contributed by atoms with Gasteiger partial charge in [0.05, 0.1) is 36.8 Å². The summed E-state index contributed by atoms with van der Waals surface area (Å²) in [4.78, 5) is 7.13. The van der Waals surface area contributed by atoms with Crippen molar-refractivity contribution in [3.63, 3.8) is 0 Å². The summed E-state index contributed by atoms with van der Waals surface area (Å²) in [6.07, 6.45) is 2.15. The number of aliphatic hydroxyl groups is 2. The summed E-state index contributed by atoms with van der Waals surface area (Å²) in [6, 6.07) is 21.2. The standard InChI is InChI=1S/C20H21N5O2.C12H13N5O3.C2H6.BCl3/c1-2-15-10-18(26-11-14-6-4-3-5-7-14)20(12-21,27-15)17-9-8-16-19(22)23-13-24-25(16)17;13-5-12(10(19)3-7(4-18)20-12)9-2-1-8-11(14)15-6-16-17(8)9;1-2;2-1(3)4/h3-9,13,15,18H,2,10-11H2,1H3,(H2,22,23,24);1-2,6-7,10,18-19H,3-4H2,(H2,14,15,16);1-2H3;/t15-,18-,20?;7-,10+,12-;;/m10../s1/i;;1D;. The van der Waals surface area contributed by atoms with Crippen molar-refractivity contribution in [1.29, 1.82) is 10.5 Å². The number of fused-ring (bicyclic) bond motifs is 2. The summed E-state index contributed by atoms with van der Waals surface area (Å²) >= 11 is 14.4. The first kappa shape index (κ1) is 40.0. The van der Waals surface area contributed by atoms with Crippen LogP contribution in [0.5, 0.6) is 0 Å². The third kappa shape index (κ3) is 8.78. The van der Waals surface area contributed by atoms with Crippen LogP contribution >= 0.6 is 34.4 Å². The lowest BCUT2D eigenvalue weighted by atomic mass is 9.93. The van der Waals surface area contributed by atoms with Gasteiger partial charge in [0.1, 0.15) is 48.0 Å². The van der Waals surface area contributed by atoms with Crippen molar-refractivity contribution in [1.82, 2.24) is 29.2 Å². The number of hydrogen-bond acceptors (Lipinski definition) is 13. The first-order valence-corrected chi connectivity index (χ1v) is 17.8. The second kappa shape index (κ2) is 18.7. The molecule has 6 atom stereocenters. The van der Waals surface area contributed by atoms with Crippen LogP contribution in [-0.2, 0) is 32.0 Å². The van der Waals surface area contributed by atoms with Gasteiger partial charge in [-0.15, -0.1) is 0 Å². The molecule has 1 unspecified atom stereocenters. The SMILES string of the molecule is CC[C@@H]1C[C@@H](OCc2ccccc2)C(C#N)(c2ccc3c(N)ncnn23)O1.ClB(Cl)Cl.N#C[C@@]1(c2ccc3c(N)ncnn23)O[C@H](CO)C[C@H]1O.[2H]CC. The Morgan fingerprint density at radius 2 is 1.43 bits per heavy atom. The minimum atomic E-state index is -1.57. The van der Waals surface area contributed by atoms with E-state index in [1.165, 1.54) is 17.2 Å². The predicted molar refractivity (Wildman–Crippen MR) is 201 cm³/mol. The number of nitrogen functional groups attached to an aromatic ring is 2. The van der Waals surface area contributed by atoms with Crippen molar-refractivity contribution < 1.29 is 25.8 Å². The first-order valence-electron chi connectivity index (χ1n) is 17.2. The molecule has 4 aromatic heterocycles. The van der Waals surface area contributed by atoms with Crippen LogP contribution in [0.2, 0.25) is 0 Å². The summed E-state index contributed by atoms with van der Waals surface area (Å²) in [5.41, 5.74) is 12.1. The first-order chi connectivity index (χ1) is 25.9. The average molecular weight is 787 g/mol. The third-order valence-electron chi connectivity index (χ3n) is 8.60. The number of hydrogen-bond donors (Lipinski definition) is 4. The summed E-state index contributed by atoms with van der Waals surface area (Å²) in [5.74, 6) is 0.627. The molecule has 15 nitrogen and oxygen atoms in total. The quantitative estimate of drug-likeness (QED) is 0.164. The number of nitrogens with two attached hydrogens (primary N) is 2. The van der Waals surface area contributed by atoms with Gasteiger partial charge >= 0.3 is 4.96 Å². The molecule has 53 heavy (non-hydrogen) atoms. The third-order valence-corrected chi connectivity index (χ3v) is 8.60. The molecule has 2 aliphatic heterocycles. The van der Waals surface area contributed by atoms with E-state index in [9.17, 15) is 15.6 Å². The maximum Gasteiger partial charge on any atom is 0.450 e. The Hall–Kier alpha value is -4.23. The second-order valence-corrected chi connectivity index (χ2v) is 13.6. The maximum absolute atomic E-state index is 10.2. The summed E-state index contributed by atoms with van der Waals surface area (Å²) < 4.78 is 27.3. The monoisotopic (exact) mass is 785 g/mol. The number of nitriles is 2. The van der Waals surface area contributed by atoms with Crippen molar-refractivity contribution >= 4 is 62.0 Å². The van der Waals surface area contributed by atoms with Gasteiger partial charge in [-0.1, -0.05) is 51.1 Å². The minimum Gasteiger partial charge on any atom is -0.394 e. The van der Waals surface area contributed by atoms with Gasteiger partial charge in [-0.3, -0.25) is 0 Å². The molecule has 280 valence electrons. The van der Waals surface area contributed by atoms with Crippen LogP contribution in [0.15, 0.2) is 67.3 Å². The van der Waals surface area contributed by atoms with Gasteiger partial charge in [0.25, 0.3) is 0 Å². The van der Waals surface area contributed by atoms with E-state index in [-0.39, 0.29) is 24.9 Å². The zero-order valence-corrected chi connectivity index (χ0v) is 31.2. The van der Waals surface area contributed by atoms with Gasteiger partial charge in [-0.2, -0.15) is 55.1 Å². The molecule has 6 N–H and O–H groups in total. The van der Waals surface area contributed by atoms with Crippen LogP contribution in [0.25, 0.3) is 11.0 Å². The van der Waals surface area contributed by atoms with Crippen molar-refractivity contribution in [3.05, 3.63) is 84.2 Å². The van der Waals surface area contributed by atoms with Gasteiger partial charge in [0.15, 0.2) is 11.6 Å². The molecule has 2 aliphatic rings. The van der Waals surface area contributed by atoms with E-state index in [0.29, 0.717) is 48.2 Å². The Labute approximate surface area is 323 Å².